The van der Waals surface area contributed by atoms with E-state index < -0.39 is 128 Å². The Morgan fingerprint density at radius 3 is 0.808 bits per heavy atom. The van der Waals surface area contributed by atoms with E-state index in [1.807, 2.05) is 0 Å². The van der Waals surface area contributed by atoms with Gasteiger partial charge < -0.3 is 31.9 Å². The van der Waals surface area contributed by atoms with Gasteiger partial charge in [0.2, 0.25) is 0 Å². The molecule has 300 valence electrons. The molecule has 2 aromatic rings. The van der Waals surface area contributed by atoms with E-state index in [1.54, 1.807) is 0 Å². The lowest BCUT2D eigenvalue weighted by atomic mass is 9.74. The second-order valence-corrected chi connectivity index (χ2v) is 10.3. The van der Waals surface area contributed by atoms with Crippen molar-refractivity contribution < 1.29 is 126 Å². The quantitative estimate of drug-likeness (QED) is 0.142. The van der Waals surface area contributed by atoms with Crippen molar-refractivity contribution in [1.29, 1.82) is 0 Å². The number of nitrogens with two attached hydrogens (primary N) is 2. The van der Waals surface area contributed by atoms with Crippen molar-refractivity contribution in [2.75, 3.05) is 11.5 Å². The highest BCUT2D eigenvalue weighted by molar-refractivity contribution is 6.04. The third-order valence-electron chi connectivity index (χ3n) is 7.32. The van der Waals surface area contributed by atoms with Crippen LogP contribution >= 0.6 is 0 Å². The number of anilines is 2. The van der Waals surface area contributed by atoms with Crippen molar-refractivity contribution in [3.8, 4) is 0 Å². The average molecular weight is 822 g/mol. The molecule has 0 radical (unpaired) electrons. The van der Waals surface area contributed by atoms with E-state index in [4.69, 9.17) is 5.73 Å². The zero-order valence-electron chi connectivity index (χ0n) is 23.2. The van der Waals surface area contributed by atoms with Gasteiger partial charge in [0.15, 0.2) is 0 Å². The summed E-state index contributed by atoms with van der Waals surface area (Å²) in [6.07, 6.45) is -62.0. The Hall–Kier alpha value is -3.54. The van der Waals surface area contributed by atoms with Crippen molar-refractivity contribution in [3.63, 3.8) is 0 Å². The third kappa shape index (κ3) is 5.82. The fourth-order valence-electron chi connectivity index (χ4n) is 4.73. The van der Waals surface area contributed by atoms with Crippen LogP contribution in [0.4, 0.5) is 117 Å². The van der Waals surface area contributed by atoms with Crippen molar-refractivity contribution >= 4 is 22.1 Å². The van der Waals surface area contributed by atoms with Gasteiger partial charge in [0.05, 0.1) is 0 Å². The zero-order chi connectivity index (χ0) is 42.0. The fourth-order valence-corrected chi connectivity index (χ4v) is 4.73. The maximum absolute atomic E-state index is 14.1. The summed E-state index contributed by atoms with van der Waals surface area (Å²) in [5, 5.41) is 32.0. The molecular formula is C22H10F24N2O4. The molecular weight excluding hydrogens is 812 g/mol. The topological polar surface area (TPSA) is 133 Å². The van der Waals surface area contributed by atoms with Crippen molar-refractivity contribution in [1.82, 2.24) is 0 Å². The van der Waals surface area contributed by atoms with Gasteiger partial charge in [-0.15, -0.1) is 0 Å². The molecule has 0 spiro atoms. The molecule has 2 rings (SSSR count). The third-order valence-corrected chi connectivity index (χ3v) is 7.32. The van der Waals surface area contributed by atoms with Gasteiger partial charge in [-0.25, -0.2) is 0 Å². The Kier molecular flexibility index (Phi) is 9.85. The molecule has 0 fully saturated rings. The van der Waals surface area contributed by atoms with E-state index in [-0.39, 0.29) is 0 Å². The molecule has 0 aromatic heterocycles. The smallest absolute Gasteiger partial charge is 0.398 e. The van der Waals surface area contributed by atoms with E-state index in [1.165, 1.54) is 0 Å². The molecule has 0 amide bonds. The van der Waals surface area contributed by atoms with Crippen LogP contribution in [0.3, 0.4) is 0 Å². The SMILES string of the molecule is Nc1c(C(O)(C(F)(F)F)C(F)(F)F)cc2c(N)c(C(O)(C(F)(F)F)C(F)(F)F)cc(C(O)(C(F)(F)F)C(F)(F)F)c2c1C(O)(C(F)(F)F)C(F)(F)F. The molecule has 0 saturated carbocycles. The normalized spacial score (nSPS) is 15.8. The number of nitrogen functional groups attached to an aromatic ring is 2. The van der Waals surface area contributed by atoms with Gasteiger partial charge in [0, 0.05) is 39.0 Å². The van der Waals surface area contributed by atoms with Crippen molar-refractivity contribution in [3.05, 3.63) is 34.4 Å². The van der Waals surface area contributed by atoms with E-state index >= 15 is 0 Å². The van der Waals surface area contributed by atoms with Gasteiger partial charge in [-0.05, 0) is 17.5 Å². The van der Waals surface area contributed by atoms with E-state index in [9.17, 15) is 126 Å². The molecule has 0 atom stereocenters. The molecule has 6 nitrogen and oxygen atoms in total. The predicted molar refractivity (Wildman–Crippen MR) is 117 cm³/mol. The molecule has 0 bridgehead atoms. The molecule has 0 heterocycles. The average Bonchev–Trinajstić information content (AvgIpc) is 2.86. The highest BCUT2D eigenvalue weighted by Crippen LogP contribution is 2.63. The number of benzene rings is 2. The van der Waals surface area contributed by atoms with Crippen molar-refractivity contribution in [2.24, 2.45) is 0 Å². The number of aliphatic hydroxyl groups is 4. The van der Waals surface area contributed by atoms with Gasteiger partial charge in [-0.1, -0.05) is 0 Å². The van der Waals surface area contributed by atoms with E-state index in [2.05, 4.69) is 5.73 Å². The maximum atomic E-state index is 14.1. The van der Waals surface area contributed by atoms with Crippen LogP contribution in [-0.2, 0) is 22.4 Å². The largest absolute Gasteiger partial charge is 0.430 e. The van der Waals surface area contributed by atoms with Crippen LogP contribution in [-0.4, -0.2) is 69.8 Å². The molecule has 2 aromatic carbocycles. The van der Waals surface area contributed by atoms with Crippen LogP contribution in [0.5, 0.6) is 0 Å². The minimum atomic E-state index is -7.91. The monoisotopic (exact) mass is 822 g/mol. The molecule has 8 N–H and O–H groups in total. The molecule has 52 heavy (non-hydrogen) atoms. The Balaban J connectivity index is 4.03. The minimum absolute atomic E-state index is 1.75. The number of fused-ring (bicyclic) bond motifs is 1. The zero-order valence-corrected chi connectivity index (χ0v) is 23.2. The maximum Gasteiger partial charge on any atom is 0.430 e. The van der Waals surface area contributed by atoms with Crippen LogP contribution in [0.25, 0.3) is 10.8 Å². The standard InChI is InChI=1S/C22H10F24N2O4/c23-15(24,25)11(49,16(26,27)28)4-2-6(13(51,19(35,36)37)20(38,39)40)9(47)3-1-5(12(50,17(29,30)31)18(32,33)34)10(48)8(7(3)4)14(52,21(41,42)43)22(44,45)46/h1-2,49-52H,47-48H2. The first kappa shape index (κ1) is 44.6. The first-order valence-electron chi connectivity index (χ1n) is 11.9. The molecule has 0 unspecified atom stereocenters. The molecule has 0 aliphatic rings. The second-order valence-electron chi connectivity index (χ2n) is 10.3. The first-order chi connectivity index (χ1) is 22.3. The molecule has 0 saturated heterocycles. The Morgan fingerprint density at radius 2 is 0.558 bits per heavy atom. The number of halogens is 24. The van der Waals surface area contributed by atoms with Crippen molar-refractivity contribution in [2.45, 2.75) is 71.8 Å². The number of hydrogen-bond acceptors (Lipinski definition) is 6. The summed E-state index contributed by atoms with van der Waals surface area (Å²) in [5.74, 6) is 0. The predicted octanol–water partition coefficient (Wildman–Crippen LogP) is 7.25. The molecule has 0 aliphatic carbocycles. The Morgan fingerprint density at radius 1 is 0.327 bits per heavy atom. The van der Waals surface area contributed by atoms with E-state index in [0.29, 0.717) is 0 Å². The number of hydrogen-bond donors (Lipinski definition) is 6. The van der Waals surface area contributed by atoms with Crippen LogP contribution in [0.15, 0.2) is 12.1 Å². The van der Waals surface area contributed by atoms with Crippen LogP contribution in [0.2, 0.25) is 0 Å². The molecule has 0 aliphatic heterocycles. The lowest BCUT2D eigenvalue weighted by Crippen LogP contribution is -2.58. The number of rotatable bonds is 4. The summed E-state index contributed by atoms with van der Waals surface area (Å²) >= 11 is 0. The highest BCUT2D eigenvalue weighted by Gasteiger charge is 2.78. The van der Waals surface area contributed by atoms with Crippen LogP contribution < -0.4 is 11.5 Å². The Bertz CT molecular complexity index is 1650. The minimum Gasteiger partial charge on any atom is -0.398 e. The van der Waals surface area contributed by atoms with Gasteiger partial charge in [0.25, 0.3) is 22.4 Å². The van der Waals surface area contributed by atoms with Gasteiger partial charge in [0.1, 0.15) is 0 Å². The summed E-state index contributed by atoms with van der Waals surface area (Å²) < 4.78 is 334. The first-order valence-corrected chi connectivity index (χ1v) is 11.9. The highest BCUT2D eigenvalue weighted by atomic mass is 19.4. The van der Waals surface area contributed by atoms with Crippen LogP contribution in [0, 0.1) is 0 Å². The second kappa shape index (κ2) is 11.5. The molecule has 30 heteroatoms. The van der Waals surface area contributed by atoms with Crippen LogP contribution in [0.1, 0.15) is 22.3 Å². The summed E-state index contributed by atoms with van der Waals surface area (Å²) in [4.78, 5) is 0. The lowest BCUT2D eigenvalue weighted by Gasteiger charge is -2.41. The van der Waals surface area contributed by atoms with E-state index in [0.717, 1.165) is 0 Å². The van der Waals surface area contributed by atoms with Gasteiger partial charge in [-0.3, -0.25) is 0 Å². The summed E-state index contributed by atoms with van der Waals surface area (Å²) in [6, 6.07) is -3.89. The fraction of sp³-hybridized carbons (Fsp3) is 0.545. The summed E-state index contributed by atoms with van der Waals surface area (Å²) in [6.45, 7) is 0. The van der Waals surface area contributed by atoms with Gasteiger partial charge >= 0.3 is 49.4 Å². The number of alkyl halides is 24. The lowest BCUT2D eigenvalue weighted by molar-refractivity contribution is -0.378. The summed E-state index contributed by atoms with van der Waals surface area (Å²) in [7, 11) is 0. The van der Waals surface area contributed by atoms with Gasteiger partial charge in [-0.2, -0.15) is 105 Å². The Labute approximate surface area is 266 Å². The summed E-state index contributed by atoms with van der Waals surface area (Å²) in [5.41, 5.74) is -43.4.